The summed E-state index contributed by atoms with van der Waals surface area (Å²) in [6.45, 7) is 4.76. The number of aliphatic hydroxyl groups excluding tert-OH is 1. The van der Waals surface area contributed by atoms with Gasteiger partial charge in [0.15, 0.2) is 0 Å². The highest BCUT2D eigenvalue weighted by atomic mass is 16.3. The molecule has 5 heteroatoms. The van der Waals surface area contributed by atoms with Crippen molar-refractivity contribution < 1.29 is 9.90 Å². The molecular weight excluding hydrogens is 338 g/mol. The maximum Gasteiger partial charge on any atom is 0.255 e. The number of aryl methyl sites for hydroxylation is 2. The monoisotopic (exact) mass is 361 g/mol. The molecule has 138 valence electrons. The van der Waals surface area contributed by atoms with Crippen molar-refractivity contribution in [2.24, 2.45) is 5.92 Å². The van der Waals surface area contributed by atoms with E-state index in [9.17, 15) is 9.90 Å². The van der Waals surface area contributed by atoms with E-state index in [1.165, 1.54) is 0 Å². The van der Waals surface area contributed by atoms with Gasteiger partial charge < -0.3 is 10.0 Å². The third kappa shape index (κ3) is 3.55. The molecule has 1 aliphatic rings. The van der Waals surface area contributed by atoms with Gasteiger partial charge in [0.2, 0.25) is 0 Å². The number of amides is 1. The van der Waals surface area contributed by atoms with Crippen LogP contribution in [-0.4, -0.2) is 45.1 Å². The molecule has 1 aromatic carbocycles. The number of hydrogen-bond donors (Lipinski definition) is 1. The average Bonchev–Trinajstić information content (AvgIpc) is 3.04. The number of β-amino-alcohol motifs (C(OH)–C–C–N with tert-alkyl or cyclic N) is 1. The molecule has 0 aliphatic carbocycles. The summed E-state index contributed by atoms with van der Waals surface area (Å²) in [4.78, 5) is 23.5. The number of likely N-dealkylation sites (tertiary alicyclic amines) is 1. The lowest BCUT2D eigenvalue weighted by atomic mass is 9.99. The number of rotatable bonds is 3. The molecule has 0 spiro atoms. The summed E-state index contributed by atoms with van der Waals surface area (Å²) in [6, 6.07) is 13.9. The topological polar surface area (TPSA) is 66.3 Å². The molecule has 0 bridgehead atoms. The number of pyridine rings is 2. The van der Waals surface area contributed by atoms with E-state index in [0.29, 0.717) is 25.1 Å². The van der Waals surface area contributed by atoms with Crippen LogP contribution in [0.25, 0.3) is 10.9 Å². The standard InChI is InChI=1S/C22H23N3O2/c1-14-9-17(11-23-15(14)2)22(27)25-12-18(21(26)13-25)10-19-8-7-16-5-3-4-6-20(16)24-19/h3-9,11,18,21,26H,10,12-13H2,1-2H3/t18-,21-/m1/s1. The number of benzene rings is 1. The minimum Gasteiger partial charge on any atom is -0.391 e. The van der Waals surface area contributed by atoms with Crippen LogP contribution in [0.15, 0.2) is 48.7 Å². The second-order valence-electron chi connectivity index (χ2n) is 7.36. The lowest BCUT2D eigenvalue weighted by molar-refractivity contribution is 0.0764. The summed E-state index contributed by atoms with van der Waals surface area (Å²) in [6.07, 6.45) is 1.73. The molecule has 1 saturated heterocycles. The summed E-state index contributed by atoms with van der Waals surface area (Å²) in [5.74, 6) is -0.0827. The predicted octanol–water partition coefficient (Wildman–Crippen LogP) is 2.92. The van der Waals surface area contributed by atoms with Crippen molar-refractivity contribution >= 4 is 16.8 Å². The maximum atomic E-state index is 12.8. The first-order valence-corrected chi connectivity index (χ1v) is 9.26. The van der Waals surface area contributed by atoms with E-state index in [1.807, 2.05) is 50.2 Å². The van der Waals surface area contributed by atoms with E-state index in [4.69, 9.17) is 4.98 Å². The fraction of sp³-hybridized carbons (Fsp3) is 0.318. The molecule has 0 saturated carbocycles. The van der Waals surface area contributed by atoms with Gasteiger partial charge in [0.1, 0.15) is 0 Å². The molecule has 3 heterocycles. The van der Waals surface area contributed by atoms with Gasteiger partial charge >= 0.3 is 0 Å². The molecule has 27 heavy (non-hydrogen) atoms. The molecular formula is C22H23N3O2. The van der Waals surface area contributed by atoms with Crippen LogP contribution in [0.2, 0.25) is 0 Å². The molecule has 3 aromatic rings. The zero-order chi connectivity index (χ0) is 19.0. The highest BCUT2D eigenvalue weighted by Crippen LogP contribution is 2.24. The van der Waals surface area contributed by atoms with Crippen molar-refractivity contribution in [1.29, 1.82) is 0 Å². The van der Waals surface area contributed by atoms with E-state index >= 15 is 0 Å². The van der Waals surface area contributed by atoms with Crippen molar-refractivity contribution in [2.75, 3.05) is 13.1 Å². The predicted molar refractivity (Wildman–Crippen MR) is 105 cm³/mol. The fourth-order valence-electron chi connectivity index (χ4n) is 3.65. The molecule has 1 N–H and O–H groups in total. The zero-order valence-corrected chi connectivity index (χ0v) is 15.6. The summed E-state index contributed by atoms with van der Waals surface area (Å²) < 4.78 is 0. The Bertz CT molecular complexity index is 1000. The Morgan fingerprint density at radius 3 is 2.81 bits per heavy atom. The van der Waals surface area contributed by atoms with Crippen LogP contribution in [0.4, 0.5) is 0 Å². The normalized spacial score (nSPS) is 19.6. The summed E-state index contributed by atoms with van der Waals surface area (Å²) in [7, 11) is 0. The van der Waals surface area contributed by atoms with Gasteiger partial charge in [-0.2, -0.15) is 0 Å². The highest BCUT2D eigenvalue weighted by molar-refractivity contribution is 5.94. The van der Waals surface area contributed by atoms with Gasteiger partial charge in [-0.05, 0) is 44.0 Å². The lowest BCUT2D eigenvalue weighted by Gasteiger charge is -2.16. The van der Waals surface area contributed by atoms with Crippen LogP contribution in [0.3, 0.4) is 0 Å². The summed E-state index contributed by atoms with van der Waals surface area (Å²) in [5.41, 5.74) is 4.40. The number of carbonyl (C=O) groups is 1. The van der Waals surface area contributed by atoms with Crippen molar-refractivity contribution in [3.63, 3.8) is 0 Å². The summed E-state index contributed by atoms with van der Waals surface area (Å²) in [5, 5.41) is 11.6. The van der Waals surface area contributed by atoms with E-state index in [1.54, 1.807) is 11.1 Å². The van der Waals surface area contributed by atoms with Crippen LogP contribution in [0, 0.1) is 19.8 Å². The van der Waals surface area contributed by atoms with Crippen LogP contribution in [0.1, 0.15) is 27.3 Å². The van der Waals surface area contributed by atoms with Gasteiger partial charge in [0.25, 0.3) is 5.91 Å². The first kappa shape index (κ1) is 17.6. The quantitative estimate of drug-likeness (QED) is 0.779. The first-order valence-electron chi connectivity index (χ1n) is 9.26. The van der Waals surface area contributed by atoms with Gasteiger partial charge in [-0.3, -0.25) is 14.8 Å². The van der Waals surface area contributed by atoms with Crippen molar-refractivity contribution in [3.05, 3.63) is 71.2 Å². The van der Waals surface area contributed by atoms with Crippen molar-refractivity contribution in [3.8, 4) is 0 Å². The Hall–Kier alpha value is -2.79. The third-order valence-corrected chi connectivity index (χ3v) is 5.41. The minimum absolute atomic E-state index is 0.0119. The Morgan fingerprint density at radius 2 is 2.00 bits per heavy atom. The Morgan fingerprint density at radius 1 is 1.19 bits per heavy atom. The van der Waals surface area contributed by atoms with Gasteiger partial charge in [0.05, 0.1) is 17.2 Å². The maximum absolute atomic E-state index is 12.8. The second-order valence-corrected chi connectivity index (χ2v) is 7.36. The fourth-order valence-corrected chi connectivity index (χ4v) is 3.65. The third-order valence-electron chi connectivity index (χ3n) is 5.41. The molecule has 1 aliphatic heterocycles. The van der Waals surface area contributed by atoms with Crippen molar-refractivity contribution in [2.45, 2.75) is 26.4 Å². The molecule has 2 aromatic heterocycles. The van der Waals surface area contributed by atoms with E-state index in [0.717, 1.165) is 27.9 Å². The number of fused-ring (bicyclic) bond motifs is 1. The van der Waals surface area contributed by atoms with Crippen LogP contribution < -0.4 is 0 Å². The molecule has 1 amide bonds. The minimum atomic E-state index is -0.540. The SMILES string of the molecule is Cc1cc(C(=O)N2C[C@@H](Cc3ccc4ccccc4n3)[C@H](O)C2)cnc1C. The summed E-state index contributed by atoms with van der Waals surface area (Å²) >= 11 is 0. The number of carbonyl (C=O) groups excluding carboxylic acids is 1. The lowest BCUT2D eigenvalue weighted by Crippen LogP contribution is -2.29. The average molecular weight is 361 g/mol. The van der Waals surface area contributed by atoms with E-state index in [-0.39, 0.29) is 11.8 Å². The Labute approximate surface area is 158 Å². The Kier molecular flexibility index (Phi) is 4.62. The van der Waals surface area contributed by atoms with E-state index in [2.05, 4.69) is 11.1 Å². The molecule has 1 fully saturated rings. The molecule has 2 atom stereocenters. The molecule has 0 unspecified atom stereocenters. The largest absolute Gasteiger partial charge is 0.391 e. The number of aromatic nitrogens is 2. The Balaban J connectivity index is 1.48. The second kappa shape index (κ2) is 7.08. The van der Waals surface area contributed by atoms with Crippen LogP contribution >= 0.6 is 0 Å². The van der Waals surface area contributed by atoms with Gasteiger partial charge in [-0.15, -0.1) is 0 Å². The number of nitrogens with zero attached hydrogens (tertiary/aromatic N) is 3. The van der Waals surface area contributed by atoms with Gasteiger partial charge in [-0.25, -0.2) is 0 Å². The molecule has 5 nitrogen and oxygen atoms in total. The van der Waals surface area contributed by atoms with Crippen LogP contribution in [-0.2, 0) is 6.42 Å². The van der Waals surface area contributed by atoms with Gasteiger partial charge in [-0.1, -0.05) is 24.3 Å². The smallest absolute Gasteiger partial charge is 0.255 e. The highest BCUT2D eigenvalue weighted by Gasteiger charge is 2.34. The van der Waals surface area contributed by atoms with Crippen molar-refractivity contribution in [1.82, 2.24) is 14.9 Å². The zero-order valence-electron chi connectivity index (χ0n) is 15.6. The van der Waals surface area contributed by atoms with Crippen LogP contribution in [0.5, 0.6) is 0 Å². The molecule has 0 radical (unpaired) electrons. The molecule has 4 rings (SSSR count). The number of para-hydroxylation sites is 1. The van der Waals surface area contributed by atoms with E-state index < -0.39 is 6.10 Å². The number of aliphatic hydroxyl groups is 1. The van der Waals surface area contributed by atoms with Gasteiger partial charge in [0, 0.05) is 42.0 Å². The number of hydrogen-bond acceptors (Lipinski definition) is 4. The first-order chi connectivity index (χ1) is 13.0.